The molecule has 6 rings (SSSR count). The van der Waals surface area contributed by atoms with Gasteiger partial charge in [0.05, 0.1) is 11.8 Å². The van der Waals surface area contributed by atoms with Crippen molar-refractivity contribution >= 4 is 39.7 Å². The number of hydrazone groups is 1. The zero-order valence-electron chi connectivity index (χ0n) is 16.5. The van der Waals surface area contributed by atoms with Crippen LogP contribution in [-0.2, 0) is 0 Å². The fraction of sp³-hybridized carbons (Fsp3) is 0.115. The average molecular weight is 445 g/mol. The summed E-state index contributed by atoms with van der Waals surface area (Å²) in [6, 6.07) is 28.5. The molecule has 0 saturated carbocycles. The lowest BCUT2D eigenvalue weighted by molar-refractivity contribution is -0.0190. The summed E-state index contributed by atoms with van der Waals surface area (Å²) in [4.78, 5) is 0. The number of hydrogen-bond donors (Lipinski definition) is 0. The number of benzene rings is 4. The summed E-state index contributed by atoms with van der Waals surface area (Å²) in [5.74, 6) is 0.839. The second-order valence-corrected chi connectivity index (χ2v) is 8.79. The van der Waals surface area contributed by atoms with Crippen molar-refractivity contribution in [3.8, 4) is 5.75 Å². The summed E-state index contributed by atoms with van der Waals surface area (Å²) in [6.07, 6.45) is 0.432. The third kappa shape index (κ3) is 3.25. The Kier molecular flexibility index (Phi) is 4.41. The molecule has 0 saturated heterocycles. The molecule has 0 aromatic heterocycles. The van der Waals surface area contributed by atoms with Crippen molar-refractivity contribution in [3.05, 3.63) is 112 Å². The highest BCUT2D eigenvalue weighted by molar-refractivity contribution is 6.31. The highest BCUT2D eigenvalue weighted by Gasteiger charge is 2.41. The lowest BCUT2D eigenvalue weighted by Crippen LogP contribution is -2.33. The second-order valence-electron chi connectivity index (χ2n) is 7.92. The van der Waals surface area contributed by atoms with Crippen LogP contribution in [0.4, 0.5) is 0 Å². The molecule has 3 nitrogen and oxygen atoms in total. The van der Waals surface area contributed by atoms with E-state index in [1.165, 1.54) is 10.8 Å². The summed E-state index contributed by atoms with van der Waals surface area (Å²) >= 11 is 12.6. The minimum absolute atomic E-state index is 0.0490. The third-order valence-corrected chi connectivity index (χ3v) is 6.44. The predicted octanol–water partition coefficient (Wildman–Crippen LogP) is 7.39. The summed E-state index contributed by atoms with van der Waals surface area (Å²) in [6.45, 7) is 0. The van der Waals surface area contributed by atoms with Gasteiger partial charge in [0, 0.05) is 27.6 Å². The van der Waals surface area contributed by atoms with Crippen LogP contribution < -0.4 is 4.74 Å². The van der Waals surface area contributed by atoms with Crippen LogP contribution >= 0.6 is 23.2 Å². The van der Waals surface area contributed by atoms with E-state index >= 15 is 0 Å². The molecule has 0 bridgehead atoms. The molecule has 4 aromatic rings. The lowest BCUT2D eigenvalue weighted by Gasteiger charge is -2.38. The molecule has 0 aliphatic carbocycles. The molecular formula is C26H18Cl2N2O. The van der Waals surface area contributed by atoms with Crippen LogP contribution in [0.5, 0.6) is 5.75 Å². The molecule has 0 amide bonds. The standard InChI is InChI=1S/C26H18Cl2N2O/c27-20-7-3-6-19(13-20)26-30-24(22-14-21(28)10-11-25(22)31-26)15-23(29-30)18-9-8-16-4-1-2-5-17(16)12-18/h1-14,24,26H,15H2/t24-,26+/m1/s1. The molecule has 0 radical (unpaired) electrons. The summed E-state index contributed by atoms with van der Waals surface area (Å²) in [7, 11) is 0. The zero-order chi connectivity index (χ0) is 20.9. The highest BCUT2D eigenvalue weighted by Crippen LogP contribution is 2.48. The number of hydrogen-bond acceptors (Lipinski definition) is 3. The van der Waals surface area contributed by atoms with E-state index in [-0.39, 0.29) is 12.3 Å². The molecule has 2 heterocycles. The van der Waals surface area contributed by atoms with Gasteiger partial charge in [-0.1, -0.05) is 71.7 Å². The van der Waals surface area contributed by atoms with Gasteiger partial charge in [0.25, 0.3) is 0 Å². The number of nitrogens with zero attached hydrogens (tertiary/aromatic N) is 2. The average Bonchev–Trinajstić information content (AvgIpc) is 3.24. The van der Waals surface area contributed by atoms with E-state index in [9.17, 15) is 0 Å². The first-order valence-corrected chi connectivity index (χ1v) is 11.0. The second kappa shape index (κ2) is 7.30. The molecular weight excluding hydrogens is 427 g/mol. The van der Waals surface area contributed by atoms with E-state index in [0.29, 0.717) is 10.0 Å². The fourth-order valence-electron chi connectivity index (χ4n) is 4.48. The minimum Gasteiger partial charge on any atom is -0.464 e. The van der Waals surface area contributed by atoms with Gasteiger partial charge in [-0.15, -0.1) is 0 Å². The Hall–Kier alpha value is -3.01. The van der Waals surface area contributed by atoms with Crippen molar-refractivity contribution in [2.45, 2.75) is 18.7 Å². The van der Waals surface area contributed by atoms with E-state index in [1.807, 2.05) is 42.5 Å². The van der Waals surface area contributed by atoms with E-state index in [2.05, 4.69) is 47.5 Å². The first-order valence-electron chi connectivity index (χ1n) is 10.2. The van der Waals surface area contributed by atoms with E-state index in [4.69, 9.17) is 33.0 Å². The normalized spacial score (nSPS) is 19.5. The molecule has 152 valence electrons. The molecule has 31 heavy (non-hydrogen) atoms. The first kappa shape index (κ1) is 18.7. The Bertz CT molecular complexity index is 1350. The Morgan fingerprint density at radius 3 is 2.52 bits per heavy atom. The third-order valence-electron chi connectivity index (χ3n) is 5.97. The molecule has 0 N–H and O–H groups in total. The molecule has 2 aliphatic heterocycles. The Morgan fingerprint density at radius 1 is 0.806 bits per heavy atom. The zero-order valence-corrected chi connectivity index (χ0v) is 18.0. The SMILES string of the molecule is Clc1cccc([C@@H]2Oc3ccc(Cl)cc3[C@H]3CC(c4ccc5ccccc5c4)=NN32)c1. The summed E-state index contributed by atoms with van der Waals surface area (Å²) in [5, 5.41) is 10.9. The van der Waals surface area contributed by atoms with E-state index in [0.717, 1.165) is 34.6 Å². The van der Waals surface area contributed by atoms with Gasteiger partial charge in [0.15, 0.2) is 0 Å². The molecule has 2 aliphatic rings. The van der Waals surface area contributed by atoms with Gasteiger partial charge in [-0.2, -0.15) is 5.10 Å². The Labute approximate surface area is 190 Å². The summed E-state index contributed by atoms with van der Waals surface area (Å²) in [5.41, 5.74) is 4.20. The van der Waals surface area contributed by atoms with Crippen LogP contribution in [-0.4, -0.2) is 10.7 Å². The monoisotopic (exact) mass is 444 g/mol. The fourth-order valence-corrected chi connectivity index (χ4v) is 4.86. The Morgan fingerprint density at radius 2 is 1.65 bits per heavy atom. The maximum Gasteiger partial charge on any atom is 0.213 e. The van der Waals surface area contributed by atoms with Crippen molar-refractivity contribution in [1.82, 2.24) is 5.01 Å². The molecule has 2 atom stereocenters. The molecule has 0 unspecified atom stereocenters. The maximum atomic E-state index is 6.40. The molecule has 0 spiro atoms. The van der Waals surface area contributed by atoms with Crippen LogP contribution in [0.25, 0.3) is 10.8 Å². The van der Waals surface area contributed by atoms with E-state index < -0.39 is 0 Å². The minimum atomic E-state index is -0.352. The quantitative estimate of drug-likeness (QED) is 0.321. The van der Waals surface area contributed by atoms with Crippen molar-refractivity contribution in [2.24, 2.45) is 5.10 Å². The van der Waals surface area contributed by atoms with Crippen LogP contribution in [0.2, 0.25) is 10.0 Å². The van der Waals surface area contributed by atoms with Gasteiger partial charge in [0.1, 0.15) is 5.75 Å². The molecule has 5 heteroatoms. The van der Waals surface area contributed by atoms with Crippen LogP contribution in [0, 0.1) is 0 Å². The van der Waals surface area contributed by atoms with Crippen molar-refractivity contribution in [3.63, 3.8) is 0 Å². The number of rotatable bonds is 2. The smallest absolute Gasteiger partial charge is 0.213 e. The topological polar surface area (TPSA) is 24.8 Å². The predicted molar refractivity (Wildman–Crippen MR) is 126 cm³/mol. The maximum absolute atomic E-state index is 6.40. The number of fused-ring (bicyclic) bond motifs is 4. The molecule has 4 aromatic carbocycles. The Balaban J connectivity index is 1.46. The van der Waals surface area contributed by atoms with Gasteiger partial charge < -0.3 is 4.74 Å². The van der Waals surface area contributed by atoms with Gasteiger partial charge in [0.2, 0.25) is 6.23 Å². The first-order chi connectivity index (χ1) is 15.2. The van der Waals surface area contributed by atoms with Gasteiger partial charge in [-0.25, -0.2) is 5.01 Å². The van der Waals surface area contributed by atoms with Gasteiger partial charge in [-0.05, 0) is 52.7 Å². The van der Waals surface area contributed by atoms with Gasteiger partial charge in [-0.3, -0.25) is 0 Å². The largest absolute Gasteiger partial charge is 0.464 e. The van der Waals surface area contributed by atoms with Crippen molar-refractivity contribution in [2.75, 3.05) is 0 Å². The van der Waals surface area contributed by atoms with Gasteiger partial charge >= 0.3 is 0 Å². The van der Waals surface area contributed by atoms with Crippen molar-refractivity contribution in [1.29, 1.82) is 0 Å². The van der Waals surface area contributed by atoms with E-state index in [1.54, 1.807) is 0 Å². The highest BCUT2D eigenvalue weighted by atomic mass is 35.5. The lowest BCUT2D eigenvalue weighted by atomic mass is 9.95. The van der Waals surface area contributed by atoms with Crippen LogP contribution in [0.1, 0.15) is 35.4 Å². The number of ether oxygens (including phenoxy) is 1. The summed E-state index contributed by atoms with van der Waals surface area (Å²) < 4.78 is 6.40. The molecule has 0 fully saturated rings. The number of halogens is 2. The van der Waals surface area contributed by atoms with Crippen molar-refractivity contribution < 1.29 is 4.74 Å². The van der Waals surface area contributed by atoms with Crippen LogP contribution in [0.3, 0.4) is 0 Å². The van der Waals surface area contributed by atoms with Crippen LogP contribution in [0.15, 0.2) is 90.0 Å².